The van der Waals surface area contributed by atoms with E-state index >= 15 is 0 Å². The fourth-order valence-electron chi connectivity index (χ4n) is 6.79. The van der Waals surface area contributed by atoms with Crippen LogP contribution in [0.3, 0.4) is 0 Å². The molecule has 1 aromatic carbocycles. The van der Waals surface area contributed by atoms with E-state index in [9.17, 15) is 0 Å². The molecule has 4 rings (SSSR count). The highest BCUT2D eigenvalue weighted by atomic mass is 15.2. The van der Waals surface area contributed by atoms with Crippen LogP contribution in [0, 0.1) is 18.8 Å². The Labute approximate surface area is 192 Å². The summed E-state index contributed by atoms with van der Waals surface area (Å²) in [6.45, 7) is 12.0. The third kappa shape index (κ3) is 5.84. The predicted octanol–water partition coefficient (Wildman–Crippen LogP) is 8.35. The Morgan fingerprint density at radius 3 is 2.32 bits per heavy atom. The second-order valence-electron chi connectivity index (χ2n) is 11.4. The van der Waals surface area contributed by atoms with Gasteiger partial charge in [-0.05, 0) is 99.1 Å². The molecule has 1 aliphatic heterocycles. The standard InChI is InChI=1S/C30H47N/c1-24-15-20-31(21-16-24)30(17-8-5-9-18-30)19-14-25(2)28-12-13-29(26(3)22-28)23-27-10-6-4-7-11-27/h12-13,22,24,27H,2,4-11,14-21,23H2,1,3H3. The van der Waals surface area contributed by atoms with E-state index in [1.54, 1.807) is 5.56 Å². The molecule has 1 nitrogen and oxygen atoms in total. The molecule has 0 N–H and O–H groups in total. The van der Waals surface area contributed by atoms with Gasteiger partial charge in [-0.3, -0.25) is 4.90 Å². The molecule has 0 aromatic heterocycles. The van der Waals surface area contributed by atoms with E-state index in [-0.39, 0.29) is 0 Å². The second kappa shape index (κ2) is 10.7. The third-order valence-electron chi connectivity index (χ3n) is 9.12. The van der Waals surface area contributed by atoms with Crippen LogP contribution in [0.15, 0.2) is 24.8 Å². The summed E-state index contributed by atoms with van der Waals surface area (Å²) in [7, 11) is 0. The lowest BCUT2D eigenvalue weighted by molar-refractivity contribution is 0.0172. The van der Waals surface area contributed by atoms with Gasteiger partial charge in [-0.2, -0.15) is 0 Å². The first-order chi connectivity index (χ1) is 15.1. The number of piperidine rings is 1. The van der Waals surface area contributed by atoms with Crippen molar-refractivity contribution in [3.05, 3.63) is 41.5 Å². The van der Waals surface area contributed by atoms with Gasteiger partial charge in [0.15, 0.2) is 0 Å². The summed E-state index contributed by atoms with van der Waals surface area (Å²) >= 11 is 0. The lowest BCUT2D eigenvalue weighted by atomic mass is 9.75. The summed E-state index contributed by atoms with van der Waals surface area (Å²) < 4.78 is 0. The summed E-state index contributed by atoms with van der Waals surface area (Å²) in [5.41, 5.74) is 6.28. The highest BCUT2D eigenvalue weighted by Crippen LogP contribution is 2.41. The number of nitrogens with zero attached hydrogens (tertiary/aromatic N) is 1. The van der Waals surface area contributed by atoms with Gasteiger partial charge < -0.3 is 0 Å². The van der Waals surface area contributed by atoms with Crippen molar-refractivity contribution in [1.82, 2.24) is 4.90 Å². The maximum atomic E-state index is 4.57. The molecule has 0 bridgehead atoms. The van der Waals surface area contributed by atoms with Crippen molar-refractivity contribution in [3.63, 3.8) is 0 Å². The number of likely N-dealkylation sites (tertiary alicyclic amines) is 1. The molecular weight excluding hydrogens is 374 g/mol. The van der Waals surface area contributed by atoms with Crippen LogP contribution in [0.4, 0.5) is 0 Å². The predicted molar refractivity (Wildman–Crippen MR) is 136 cm³/mol. The molecule has 0 amide bonds. The van der Waals surface area contributed by atoms with Gasteiger partial charge in [-0.1, -0.05) is 83.1 Å². The molecule has 172 valence electrons. The van der Waals surface area contributed by atoms with Crippen LogP contribution in [0.5, 0.6) is 0 Å². The topological polar surface area (TPSA) is 3.24 Å². The molecule has 1 heterocycles. The Hall–Kier alpha value is -1.08. The molecule has 1 heteroatoms. The summed E-state index contributed by atoms with van der Waals surface area (Å²) in [6.07, 6.45) is 20.9. The second-order valence-corrected chi connectivity index (χ2v) is 11.4. The first kappa shape index (κ1) is 23.1. The van der Waals surface area contributed by atoms with E-state index in [2.05, 4.69) is 43.5 Å². The molecule has 0 atom stereocenters. The van der Waals surface area contributed by atoms with Crippen molar-refractivity contribution in [3.8, 4) is 0 Å². The smallest absolute Gasteiger partial charge is 0.0212 e. The molecule has 3 fully saturated rings. The third-order valence-corrected chi connectivity index (χ3v) is 9.12. The van der Waals surface area contributed by atoms with Crippen LogP contribution in [0.1, 0.15) is 114 Å². The average Bonchev–Trinajstić information content (AvgIpc) is 2.80. The zero-order valence-corrected chi connectivity index (χ0v) is 20.6. The Kier molecular flexibility index (Phi) is 7.96. The van der Waals surface area contributed by atoms with Gasteiger partial charge in [-0.25, -0.2) is 0 Å². The first-order valence-electron chi connectivity index (χ1n) is 13.6. The van der Waals surface area contributed by atoms with Crippen LogP contribution in [0.25, 0.3) is 5.57 Å². The molecule has 2 saturated carbocycles. The van der Waals surface area contributed by atoms with Crippen LogP contribution >= 0.6 is 0 Å². The largest absolute Gasteiger partial charge is 0.298 e. The van der Waals surface area contributed by atoms with E-state index in [1.807, 2.05) is 0 Å². The Morgan fingerprint density at radius 1 is 0.968 bits per heavy atom. The maximum Gasteiger partial charge on any atom is 0.0212 e. The number of allylic oxidation sites excluding steroid dienone is 1. The normalized spacial score (nSPS) is 23.7. The maximum absolute atomic E-state index is 4.57. The number of hydrogen-bond donors (Lipinski definition) is 0. The Bertz CT molecular complexity index is 712. The van der Waals surface area contributed by atoms with Crippen LogP contribution in [0.2, 0.25) is 0 Å². The van der Waals surface area contributed by atoms with Gasteiger partial charge >= 0.3 is 0 Å². The Balaban J connectivity index is 1.37. The first-order valence-corrected chi connectivity index (χ1v) is 13.6. The minimum atomic E-state index is 0.456. The van der Waals surface area contributed by atoms with Gasteiger partial charge in [-0.15, -0.1) is 0 Å². The van der Waals surface area contributed by atoms with Gasteiger partial charge in [0.2, 0.25) is 0 Å². The quantitative estimate of drug-likeness (QED) is 0.427. The molecule has 0 spiro atoms. The number of aryl methyl sites for hydroxylation is 1. The summed E-state index contributed by atoms with van der Waals surface area (Å²) in [6, 6.07) is 7.24. The van der Waals surface area contributed by atoms with E-state index < -0.39 is 0 Å². The highest BCUT2D eigenvalue weighted by molar-refractivity contribution is 5.64. The summed E-state index contributed by atoms with van der Waals surface area (Å²) in [5.74, 6) is 1.84. The molecule has 1 saturated heterocycles. The van der Waals surface area contributed by atoms with Gasteiger partial charge in [0.1, 0.15) is 0 Å². The van der Waals surface area contributed by atoms with E-state index in [0.717, 1.165) is 18.3 Å². The molecule has 0 radical (unpaired) electrons. The van der Waals surface area contributed by atoms with Gasteiger partial charge in [0.25, 0.3) is 0 Å². The average molecular weight is 422 g/mol. The summed E-state index contributed by atoms with van der Waals surface area (Å²) in [4.78, 5) is 2.90. The zero-order chi connectivity index (χ0) is 21.7. The molecule has 0 unspecified atom stereocenters. The molecule has 3 aliphatic rings. The van der Waals surface area contributed by atoms with Crippen LogP contribution in [-0.4, -0.2) is 23.5 Å². The van der Waals surface area contributed by atoms with Crippen LogP contribution < -0.4 is 0 Å². The lowest BCUT2D eigenvalue weighted by Gasteiger charge is -2.49. The fraction of sp³-hybridized carbons (Fsp3) is 0.733. The minimum absolute atomic E-state index is 0.456. The van der Waals surface area contributed by atoms with Crippen molar-refractivity contribution in [1.29, 1.82) is 0 Å². The van der Waals surface area contributed by atoms with Crippen molar-refractivity contribution >= 4 is 5.57 Å². The SMILES string of the molecule is C=C(CCC1(N2CCC(C)CC2)CCCCC1)c1ccc(CC2CCCCC2)c(C)c1. The molecule has 31 heavy (non-hydrogen) atoms. The molecular formula is C30H47N. The number of rotatable bonds is 7. The number of benzene rings is 1. The van der Waals surface area contributed by atoms with E-state index in [0.29, 0.717) is 5.54 Å². The van der Waals surface area contributed by atoms with Crippen molar-refractivity contribution < 1.29 is 0 Å². The molecule has 1 aromatic rings. The van der Waals surface area contributed by atoms with Crippen molar-refractivity contribution in [2.75, 3.05) is 13.1 Å². The lowest BCUT2D eigenvalue weighted by Crippen LogP contribution is -2.53. The highest BCUT2D eigenvalue weighted by Gasteiger charge is 2.38. The van der Waals surface area contributed by atoms with Gasteiger partial charge in [0, 0.05) is 5.54 Å². The van der Waals surface area contributed by atoms with Gasteiger partial charge in [0.05, 0.1) is 0 Å². The Morgan fingerprint density at radius 2 is 1.65 bits per heavy atom. The fourth-order valence-corrected chi connectivity index (χ4v) is 6.79. The minimum Gasteiger partial charge on any atom is -0.298 e. The van der Waals surface area contributed by atoms with E-state index in [1.165, 1.54) is 120 Å². The summed E-state index contributed by atoms with van der Waals surface area (Å²) in [5, 5.41) is 0. The van der Waals surface area contributed by atoms with E-state index in [4.69, 9.17) is 0 Å². The zero-order valence-electron chi connectivity index (χ0n) is 20.6. The monoisotopic (exact) mass is 421 g/mol. The van der Waals surface area contributed by atoms with Crippen LogP contribution in [-0.2, 0) is 6.42 Å². The molecule has 2 aliphatic carbocycles. The van der Waals surface area contributed by atoms with Crippen molar-refractivity contribution in [2.45, 2.75) is 116 Å². The van der Waals surface area contributed by atoms with Crippen molar-refractivity contribution in [2.24, 2.45) is 11.8 Å². The number of hydrogen-bond acceptors (Lipinski definition) is 1.